The van der Waals surface area contributed by atoms with Gasteiger partial charge in [-0.25, -0.2) is 8.42 Å². The summed E-state index contributed by atoms with van der Waals surface area (Å²) in [5.41, 5.74) is 0.540. The molecule has 0 radical (unpaired) electrons. The van der Waals surface area contributed by atoms with Crippen molar-refractivity contribution in [2.75, 3.05) is 31.3 Å². The van der Waals surface area contributed by atoms with E-state index in [1.165, 1.54) is 4.31 Å². The highest BCUT2D eigenvalue weighted by atomic mass is 32.2. The van der Waals surface area contributed by atoms with Gasteiger partial charge in [0.05, 0.1) is 25.1 Å². The zero-order valence-electron chi connectivity index (χ0n) is 13.3. The first-order valence-electron chi connectivity index (χ1n) is 7.35. The molecule has 0 aromatic heterocycles. The minimum absolute atomic E-state index is 0.195. The summed E-state index contributed by atoms with van der Waals surface area (Å²) in [5.74, 6) is 0.187. The molecule has 0 unspecified atom stereocenters. The Bertz CT molecular complexity index is 587. The van der Waals surface area contributed by atoms with Gasteiger partial charge in [0.25, 0.3) is 0 Å². The van der Waals surface area contributed by atoms with Crippen molar-refractivity contribution in [2.24, 2.45) is 0 Å². The summed E-state index contributed by atoms with van der Waals surface area (Å²) in [5, 5.41) is 2.70. The fourth-order valence-corrected chi connectivity index (χ4v) is 2.71. The van der Waals surface area contributed by atoms with Crippen LogP contribution in [0.1, 0.15) is 26.7 Å². The lowest BCUT2D eigenvalue weighted by atomic mass is 10.3. The number of unbranched alkanes of at least 4 members (excludes halogenated alkanes) is 1. The fourth-order valence-electron chi connectivity index (χ4n) is 1.90. The van der Waals surface area contributed by atoms with Crippen molar-refractivity contribution in [2.45, 2.75) is 26.7 Å². The van der Waals surface area contributed by atoms with Crippen molar-refractivity contribution < 1.29 is 17.9 Å². The number of amides is 1. The summed E-state index contributed by atoms with van der Waals surface area (Å²) in [7, 11) is -3.40. The lowest BCUT2D eigenvalue weighted by Gasteiger charge is -2.19. The van der Waals surface area contributed by atoms with Crippen LogP contribution in [0.25, 0.3) is 0 Å². The van der Waals surface area contributed by atoms with Crippen LogP contribution in [-0.2, 0) is 14.8 Å². The molecule has 1 amide bonds. The van der Waals surface area contributed by atoms with Gasteiger partial charge in [0.15, 0.2) is 0 Å². The Morgan fingerprint density at radius 1 is 1.27 bits per heavy atom. The van der Waals surface area contributed by atoms with Crippen LogP contribution in [0.15, 0.2) is 24.3 Å². The van der Waals surface area contributed by atoms with Crippen molar-refractivity contribution in [3.05, 3.63) is 24.3 Å². The average molecular weight is 328 g/mol. The molecule has 0 heterocycles. The van der Waals surface area contributed by atoms with Gasteiger partial charge in [0.2, 0.25) is 15.9 Å². The van der Waals surface area contributed by atoms with Crippen LogP contribution in [0.3, 0.4) is 0 Å². The van der Waals surface area contributed by atoms with E-state index in [2.05, 4.69) is 5.32 Å². The number of hydrogen-bond acceptors (Lipinski definition) is 4. The monoisotopic (exact) mass is 328 g/mol. The number of para-hydroxylation sites is 2. The third kappa shape index (κ3) is 6.03. The van der Waals surface area contributed by atoms with E-state index in [1.54, 1.807) is 18.2 Å². The van der Waals surface area contributed by atoms with E-state index in [1.807, 2.05) is 19.9 Å². The Balaban J connectivity index is 2.75. The summed E-state index contributed by atoms with van der Waals surface area (Å²) in [4.78, 5) is 12.1. The van der Waals surface area contributed by atoms with Crippen LogP contribution in [0, 0.1) is 0 Å². The maximum absolute atomic E-state index is 12.1. The van der Waals surface area contributed by atoms with E-state index >= 15 is 0 Å². The predicted molar refractivity (Wildman–Crippen MR) is 87.6 cm³/mol. The molecule has 124 valence electrons. The van der Waals surface area contributed by atoms with Crippen molar-refractivity contribution in [1.82, 2.24) is 4.31 Å². The molecule has 0 saturated carbocycles. The molecule has 1 rings (SSSR count). The normalized spacial score (nSPS) is 11.5. The van der Waals surface area contributed by atoms with Crippen molar-refractivity contribution in [1.29, 1.82) is 0 Å². The molecule has 6 nitrogen and oxygen atoms in total. The molecule has 0 aliphatic heterocycles. The molecule has 0 atom stereocenters. The Labute approximate surface area is 132 Å². The quantitative estimate of drug-likeness (QED) is 0.753. The van der Waals surface area contributed by atoms with Crippen LogP contribution in [0.5, 0.6) is 5.75 Å². The van der Waals surface area contributed by atoms with Gasteiger partial charge in [-0.3, -0.25) is 4.79 Å². The summed E-state index contributed by atoms with van der Waals surface area (Å²) in [6.45, 7) is 4.46. The molecule has 0 fully saturated rings. The topological polar surface area (TPSA) is 75.7 Å². The number of sulfonamides is 1. The standard InChI is InChI=1S/C15H24N2O4S/c1-4-6-11-17(22(3,19)20)12-15(18)16-13-9-7-8-10-14(13)21-5-2/h7-10H,4-6,11-12H2,1-3H3,(H,16,18). The number of ether oxygens (including phenoxy) is 1. The Morgan fingerprint density at radius 3 is 2.55 bits per heavy atom. The third-order valence-corrected chi connectivity index (χ3v) is 4.26. The smallest absolute Gasteiger partial charge is 0.239 e. The van der Waals surface area contributed by atoms with E-state index in [9.17, 15) is 13.2 Å². The number of carbonyl (C=O) groups excluding carboxylic acids is 1. The van der Waals surface area contributed by atoms with E-state index in [-0.39, 0.29) is 12.5 Å². The minimum atomic E-state index is -3.40. The zero-order valence-corrected chi connectivity index (χ0v) is 14.1. The second kappa shape index (κ2) is 8.75. The molecule has 0 aliphatic carbocycles. The fraction of sp³-hybridized carbons (Fsp3) is 0.533. The number of carbonyl (C=O) groups is 1. The lowest BCUT2D eigenvalue weighted by molar-refractivity contribution is -0.116. The van der Waals surface area contributed by atoms with Gasteiger partial charge in [-0.2, -0.15) is 4.31 Å². The van der Waals surface area contributed by atoms with Crippen LogP contribution >= 0.6 is 0 Å². The molecular weight excluding hydrogens is 304 g/mol. The van der Waals surface area contributed by atoms with Gasteiger partial charge in [-0.05, 0) is 25.5 Å². The Morgan fingerprint density at radius 2 is 1.95 bits per heavy atom. The van der Waals surface area contributed by atoms with Gasteiger partial charge in [-0.15, -0.1) is 0 Å². The van der Waals surface area contributed by atoms with Gasteiger partial charge in [0, 0.05) is 6.54 Å². The van der Waals surface area contributed by atoms with E-state index < -0.39 is 10.0 Å². The minimum Gasteiger partial charge on any atom is -0.492 e. The summed E-state index contributed by atoms with van der Waals surface area (Å²) in [6, 6.07) is 7.07. The van der Waals surface area contributed by atoms with E-state index in [0.717, 1.165) is 19.1 Å². The predicted octanol–water partition coefficient (Wildman–Crippen LogP) is 2.09. The van der Waals surface area contributed by atoms with Crippen LogP contribution in [0.2, 0.25) is 0 Å². The molecule has 1 aromatic rings. The van der Waals surface area contributed by atoms with Crippen LogP contribution in [-0.4, -0.2) is 44.6 Å². The molecule has 0 saturated heterocycles. The molecule has 0 aliphatic rings. The van der Waals surface area contributed by atoms with Crippen LogP contribution < -0.4 is 10.1 Å². The summed E-state index contributed by atoms with van der Waals surface area (Å²) < 4.78 is 30.0. The molecular formula is C15H24N2O4S. The van der Waals surface area contributed by atoms with Gasteiger partial charge in [-0.1, -0.05) is 25.5 Å². The summed E-state index contributed by atoms with van der Waals surface area (Å²) in [6.07, 6.45) is 2.70. The van der Waals surface area contributed by atoms with Gasteiger partial charge in [0.1, 0.15) is 5.75 Å². The molecule has 22 heavy (non-hydrogen) atoms. The second-order valence-electron chi connectivity index (χ2n) is 4.93. The van der Waals surface area contributed by atoms with Crippen molar-refractivity contribution >= 4 is 21.6 Å². The number of nitrogens with one attached hydrogen (secondary N) is 1. The average Bonchev–Trinajstić information content (AvgIpc) is 2.44. The largest absolute Gasteiger partial charge is 0.492 e. The first-order chi connectivity index (χ1) is 10.4. The lowest BCUT2D eigenvalue weighted by Crippen LogP contribution is -2.38. The highest BCUT2D eigenvalue weighted by Gasteiger charge is 2.20. The van der Waals surface area contributed by atoms with Crippen molar-refractivity contribution in [3.63, 3.8) is 0 Å². The van der Waals surface area contributed by atoms with Crippen LogP contribution in [0.4, 0.5) is 5.69 Å². The highest BCUT2D eigenvalue weighted by Crippen LogP contribution is 2.23. The molecule has 0 bridgehead atoms. The number of rotatable bonds is 9. The summed E-state index contributed by atoms with van der Waals surface area (Å²) >= 11 is 0. The highest BCUT2D eigenvalue weighted by molar-refractivity contribution is 7.88. The number of anilines is 1. The Hall–Kier alpha value is -1.60. The third-order valence-electron chi connectivity index (χ3n) is 3.01. The van der Waals surface area contributed by atoms with E-state index in [0.29, 0.717) is 24.6 Å². The maximum atomic E-state index is 12.1. The Kier molecular flexibility index (Phi) is 7.34. The van der Waals surface area contributed by atoms with E-state index in [4.69, 9.17) is 4.74 Å². The number of nitrogens with zero attached hydrogens (tertiary/aromatic N) is 1. The van der Waals surface area contributed by atoms with Gasteiger partial charge < -0.3 is 10.1 Å². The zero-order chi connectivity index (χ0) is 16.6. The molecule has 0 spiro atoms. The SMILES string of the molecule is CCCCN(CC(=O)Nc1ccccc1OCC)S(C)(=O)=O. The van der Waals surface area contributed by atoms with Crippen molar-refractivity contribution in [3.8, 4) is 5.75 Å². The number of benzene rings is 1. The first-order valence-corrected chi connectivity index (χ1v) is 9.20. The second-order valence-corrected chi connectivity index (χ2v) is 6.91. The first kappa shape index (κ1) is 18.4. The maximum Gasteiger partial charge on any atom is 0.239 e. The molecule has 1 N–H and O–H groups in total. The molecule has 7 heteroatoms. The number of hydrogen-bond donors (Lipinski definition) is 1. The van der Waals surface area contributed by atoms with Gasteiger partial charge >= 0.3 is 0 Å². The molecule has 1 aromatic carbocycles.